The molecule has 0 fully saturated rings. The van der Waals surface area contributed by atoms with Gasteiger partial charge in [0.1, 0.15) is 5.75 Å². The fraction of sp³-hybridized carbons (Fsp3) is 0.286. The Morgan fingerprint density at radius 1 is 1.19 bits per heavy atom. The summed E-state index contributed by atoms with van der Waals surface area (Å²) in [6, 6.07) is 13.4. The van der Waals surface area contributed by atoms with Gasteiger partial charge in [-0.2, -0.15) is 0 Å². The predicted molar refractivity (Wildman–Crippen MR) is 111 cm³/mol. The maximum absolute atomic E-state index is 12.0. The summed E-state index contributed by atoms with van der Waals surface area (Å²) >= 11 is 0. The third-order valence-corrected chi connectivity index (χ3v) is 4.56. The van der Waals surface area contributed by atoms with E-state index in [1.54, 1.807) is 7.11 Å². The Labute approximate surface area is 159 Å². The Hall–Kier alpha value is -3.15. The minimum Gasteiger partial charge on any atom is -0.497 e. The molecule has 1 aromatic heterocycles. The first kappa shape index (κ1) is 18.6. The molecule has 0 unspecified atom stereocenters. The molecule has 0 atom stereocenters. The smallest absolute Gasteiger partial charge is 0.319 e. The summed E-state index contributed by atoms with van der Waals surface area (Å²) in [5.74, 6) is 0.796. The summed E-state index contributed by atoms with van der Waals surface area (Å²) in [5.41, 5.74) is 10.9. The highest BCUT2D eigenvalue weighted by Crippen LogP contribution is 2.38. The number of hydrogen-bond donors (Lipinski definition) is 3. The topological polar surface area (TPSA) is 81.3 Å². The van der Waals surface area contributed by atoms with Crippen LogP contribution in [0.4, 0.5) is 16.2 Å². The van der Waals surface area contributed by atoms with E-state index in [1.807, 2.05) is 49.4 Å². The van der Waals surface area contributed by atoms with E-state index < -0.39 is 0 Å². The van der Waals surface area contributed by atoms with Crippen LogP contribution in [0, 0.1) is 0 Å². The largest absolute Gasteiger partial charge is 0.497 e. The highest BCUT2D eigenvalue weighted by atomic mass is 16.5. The highest BCUT2D eigenvalue weighted by Gasteiger charge is 2.17. The van der Waals surface area contributed by atoms with Gasteiger partial charge < -0.3 is 25.7 Å². The number of carbonyl (C=O) groups excluding carboxylic acids is 1. The lowest BCUT2D eigenvalue weighted by Crippen LogP contribution is -2.29. The number of aromatic nitrogens is 1. The monoisotopic (exact) mass is 366 g/mol. The minimum absolute atomic E-state index is 0.206. The van der Waals surface area contributed by atoms with E-state index in [1.165, 1.54) is 0 Å². The van der Waals surface area contributed by atoms with Crippen LogP contribution in [0.3, 0.4) is 0 Å². The number of nitrogens with zero attached hydrogens (tertiary/aromatic N) is 1. The number of carbonyl (C=O) groups is 1. The van der Waals surface area contributed by atoms with Crippen LogP contribution in [-0.4, -0.2) is 24.3 Å². The number of anilines is 2. The van der Waals surface area contributed by atoms with Gasteiger partial charge in [-0.15, -0.1) is 0 Å². The lowest BCUT2D eigenvalue weighted by Gasteiger charge is -2.12. The van der Waals surface area contributed by atoms with Gasteiger partial charge >= 0.3 is 6.03 Å². The first-order valence-electron chi connectivity index (χ1n) is 9.20. The van der Waals surface area contributed by atoms with Crippen molar-refractivity contribution < 1.29 is 9.53 Å². The summed E-state index contributed by atoms with van der Waals surface area (Å²) < 4.78 is 7.53. The van der Waals surface area contributed by atoms with E-state index in [0.717, 1.165) is 52.3 Å². The molecule has 0 saturated heterocycles. The van der Waals surface area contributed by atoms with Crippen LogP contribution < -0.4 is 21.1 Å². The maximum Gasteiger partial charge on any atom is 0.319 e. The molecule has 0 aliphatic rings. The fourth-order valence-electron chi connectivity index (χ4n) is 3.28. The zero-order valence-corrected chi connectivity index (χ0v) is 16.0. The Bertz CT molecular complexity index is 962. The molecule has 0 saturated carbocycles. The van der Waals surface area contributed by atoms with Crippen molar-refractivity contribution >= 4 is 28.3 Å². The van der Waals surface area contributed by atoms with Crippen LogP contribution in [0.2, 0.25) is 0 Å². The van der Waals surface area contributed by atoms with E-state index in [4.69, 9.17) is 10.5 Å². The van der Waals surface area contributed by atoms with Gasteiger partial charge in [-0.25, -0.2) is 4.79 Å². The number of benzene rings is 2. The van der Waals surface area contributed by atoms with Gasteiger partial charge in [0.05, 0.1) is 24.0 Å². The molecule has 4 N–H and O–H groups in total. The van der Waals surface area contributed by atoms with Crippen LogP contribution in [0.15, 0.2) is 42.5 Å². The molecule has 2 amide bonds. The van der Waals surface area contributed by atoms with Crippen molar-refractivity contribution in [3.8, 4) is 17.0 Å². The van der Waals surface area contributed by atoms with Crippen LogP contribution in [0.25, 0.3) is 22.2 Å². The molecule has 3 aromatic rings. The van der Waals surface area contributed by atoms with E-state index in [-0.39, 0.29) is 6.03 Å². The van der Waals surface area contributed by atoms with Crippen molar-refractivity contribution in [1.29, 1.82) is 0 Å². The summed E-state index contributed by atoms with van der Waals surface area (Å²) in [4.78, 5) is 12.0. The third kappa shape index (κ3) is 3.69. The van der Waals surface area contributed by atoms with Crippen LogP contribution in [0.1, 0.15) is 20.3 Å². The molecule has 142 valence electrons. The highest BCUT2D eigenvalue weighted by molar-refractivity contribution is 6.02. The third-order valence-electron chi connectivity index (χ3n) is 4.56. The quantitative estimate of drug-likeness (QED) is 0.603. The van der Waals surface area contributed by atoms with Crippen molar-refractivity contribution in [3.05, 3.63) is 42.5 Å². The van der Waals surface area contributed by atoms with Crippen molar-refractivity contribution in [2.75, 3.05) is 24.7 Å². The minimum atomic E-state index is -0.206. The summed E-state index contributed by atoms with van der Waals surface area (Å²) in [6.45, 7) is 5.51. The molecule has 0 spiro atoms. The first-order valence-corrected chi connectivity index (χ1v) is 9.20. The number of amides is 2. The lowest BCUT2D eigenvalue weighted by molar-refractivity contribution is 0.252. The van der Waals surface area contributed by atoms with E-state index in [9.17, 15) is 4.79 Å². The van der Waals surface area contributed by atoms with Crippen molar-refractivity contribution in [3.63, 3.8) is 0 Å². The molecular weight excluding hydrogens is 340 g/mol. The summed E-state index contributed by atoms with van der Waals surface area (Å²) in [5, 5.41) is 6.68. The van der Waals surface area contributed by atoms with Crippen LogP contribution in [-0.2, 0) is 6.54 Å². The van der Waals surface area contributed by atoms with Crippen LogP contribution >= 0.6 is 0 Å². The maximum atomic E-state index is 12.0. The zero-order chi connectivity index (χ0) is 19.4. The van der Waals surface area contributed by atoms with Gasteiger partial charge in [0.15, 0.2) is 0 Å². The molecule has 0 radical (unpaired) electrons. The van der Waals surface area contributed by atoms with Gasteiger partial charge in [0, 0.05) is 35.8 Å². The summed E-state index contributed by atoms with van der Waals surface area (Å²) in [6.07, 6.45) is 0.893. The van der Waals surface area contributed by atoms with Gasteiger partial charge in [0.2, 0.25) is 0 Å². The average Bonchev–Trinajstić information content (AvgIpc) is 2.97. The van der Waals surface area contributed by atoms with Gasteiger partial charge in [-0.05, 0) is 37.6 Å². The second-order valence-corrected chi connectivity index (χ2v) is 6.35. The molecule has 6 nitrogen and oxygen atoms in total. The first-order chi connectivity index (χ1) is 13.1. The number of fused-ring (bicyclic) bond motifs is 1. The van der Waals surface area contributed by atoms with Crippen molar-refractivity contribution in [2.24, 2.45) is 0 Å². The number of urea groups is 1. The molecule has 1 heterocycles. The fourth-order valence-corrected chi connectivity index (χ4v) is 3.28. The van der Waals surface area contributed by atoms with Gasteiger partial charge in [-0.1, -0.05) is 19.1 Å². The number of ether oxygens (including phenoxy) is 1. The molecule has 0 aliphatic carbocycles. The van der Waals surface area contributed by atoms with Crippen molar-refractivity contribution in [2.45, 2.75) is 26.8 Å². The average molecular weight is 366 g/mol. The number of nitrogen functional groups attached to an aromatic ring is 1. The number of aryl methyl sites for hydroxylation is 1. The number of nitrogens with two attached hydrogens (primary N) is 1. The normalized spacial score (nSPS) is 10.8. The van der Waals surface area contributed by atoms with E-state index in [2.05, 4.69) is 22.1 Å². The lowest BCUT2D eigenvalue weighted by atomic mass is 10.1. The standard InChI is InChI=1S/C21H26N4O2/c1-4-11-23-21(26)24-15-8-6-7-14(12-15)20-19(22)17-10-9-16(27-3)13-18(17)25(20)5-2/h6-10,12-13H,4-5,11,22H2,1-3H3,(H2,23,24,26). The van der Waals surface area contributed by atoms with Crippen LogP contribution in [0.5, 0.6) is 5.75 Å². The van der Waals surface area contributed by atoms with Crippen molar-refractivity contribution in [1.82, 2.24) is 9.88 Å². The molecule has 0 bridgehead atoms. The summed E-state index contributed by atoms with van der Waals surface area (Å²) in [7, 11) is 1.66. The molecule has 6 heteroatoms. The van der Waals surface area contributed by atoms with Gasteiger partial charge in [-0.3, -0.25) is 0 Å². The number of hydrogen-bond acceptors (Lipinski definition) is 3. The zero-order valence-electron chi connectivity index (χ0n) is 16.0. The second-order valence-electron chi connectivity index (χ2n) is 6.35. The molecular formula is C21H26N4O2. The Balaban J connectivity index is 2.03. The Morgan fingerprint density at radius 3 is 2.70 bits per heavy atom. The van der Waals surface area contributed by atoms with Gasteiger partial charge in [0.25, 0.3) is 0 Å². The SMILES string of the molecule is CCCNC(=O)Nc1cccc(-c2c(N)c3ccc(OC)cc3n2CC)c1. The second kappa shape index (κ2) is 8.03. The van der Waals surface area contributed by atoms with E-state index in [0.29, 0.717) is 6.54 Å². The molecule has 27 heavy (non-hydrogen) atoms. The van der Waals surface area contributed by atoms with E-state index >= 15 is 0 Å². The molecule has 3 rings (SSSR count). The Kier molecular flexibility index (Phi) is 5.54. The Morgan fingerprint density at radius 2 is 2.00 bits per heavy atom. The molecule has 2 aromatic carbocycles. The number of methoxy groups -OCH3 is 1. The number of rotatable bonds is 6. The molecule has 0 aliphatic heterocycles. The number of nitrogens with one attached hydrogen (secondary N) is 2. The predicted octanol–water partition coefficient (Wildman–Crippen LogP) is 4.45.